The average Bonchev–Trinajstić information content (AvgIpc) is 2.30. The van der Waals surface area contributed by atoms with Crippen LogP contribution in [0.4, 0.5) is 11.5 Å². The highest BCUT2D eigenvalue weighted by molar-refractivity contribution is 7.99. The molecule has 1 rings (SSSR count). The van der Waals surface area contributed by atoms with Crippen LogP contribution in [-0.2, 0) is 9.59 Å². The van der Waals surface area contributed by atoms with E-state index in [2.05, 4.69) is 15.3 Å². The molecule has 0 unspecified atom stereocenters. The molecule has 0 atom stereocenters. The summed E-state index contributed by atoms with van der Waals surface area (Å²) in [7, 11) is 0. The van der Waals surface area contributed by atoms with Crippen LogP contribution in [0, 0.1) is 0 Å². The summed E-state index contributed by atoms with van der Waals surface area (Å²) in [6, 6.07) is 0. The van der Waals surface area contributed by atoms with Gasteiger partial charge in [0.1, 0.15) is 5.69 Å². The summed E-state index contributed by atoms with van der Waals surface area (Å²) >= 11 is 0.958. The van der Waals surface area contributed by atoms with Gasteiger partial charge in [-0.25, -0.2) is 10.8 Å². The molecule has 1 aromatic rings. The Morgan fingerprint density at radius 2 is 2.17 bits per heavy atom. The fraction of sp³-hybridized carbons (Fsp3) is 0.250. The third-order valence-electron chi connectivity index (χ3n) is 1.73. The number of aromatic nitrogens is 2. The van der Waals surface area contributed by atoms with Crippen molar-refractivity contribution in [2.45, 2.75) is 12.1 Å². The molecule has 0 saturated carbocycles. The molecule has 0 radical (unpaired) electrons. The number of nitrogens with one attached hydrogen (secondary N) is 3. The fourth-order valence-corrected chi connectivity index (χ4v) is 1.69. The van der Waals surface area contributed by atoms with Crippen molar-refractivity contribution in [1.82, 2.24) is 15.4 Å². The van der Waals surface area contributed by atoms with Gasteiger partial charge in [-0.15, -0.1) is 0 Å². The van der Waals surface area contributed by atoms with E-state index in [1.54, 1.807) is 0 Å². The first-order chi connectivity index (χ1) is 8.43. The van der Waals surface area contributed by atoms with Gasteiger partial charge in [-0.3, -0.25) is 24.8 Å². The largest absolute Gasteiger partial charge is 0.382 e. The first-order valence-electron chi connectivity index (χ1n) is 4.73. The average molecular weight is 272 g/mol. The molecule has 0 aliphatic heterocycles. The van der Waals surface area contributed by atoms with Crippen LogP contribution in [0.25, 0.3) is 0 Å². The van der Waals surface area contributed by atoms with Crippen LogP contribution in [0.2, 0.25) is 0 Å². The molecule has 2 amide bonds. The second kappa shape index (κ2) is 6.02. The number of anilines is 2. The van der Waals surface area contributed by atoms with Crippen LogP contribution in [0.5, 0.6) is 0 Å². The number of nitrogens with two attached hydrogens (primary N) is 2. The van der Waals surface area contributed by atoms with Crippen molar-refractivity contribution >= 4 is 35.1 Å². The quantitative estimate of drug-likeness (QED) is 0.145. The van der Waals surface area contributed by atoms with E-state index in [0.29, 0.717) is 0 Å². The number of rotatable bonds is 4. The first kappa shape index (κ1) is 14.0. The number of hydrogen-bond acceptors (Lipinski definition) is 7. The van der Waals surface area contributed by atoms with Crippen molar-refractivity contribution in [3.8, 4) is 0 Å². The molecular formula is C8H12N6O3S. The van der Waals surface area contributed by atoms with Crippen molar-refractivity contribution in [3.05, 3.63) is 10.4 Å². The Labute approximate surface area is 106 Å². The first-order valence-corrected chi connectivity index (χ1v) is 5.72. The predicted octanol–water partition coefficient (Wildman–Crippen LogP) is -1.61. The van der Waals surface area contributed by atoms with Crippen LogP contribution in [-0.4, -0.2) is 27.5 Å². The molecule has 10 heteroatoms. The minimum absolute atomic E-state index is 0.0155. The Morgan fingerprint density at radius 1 is 1.50 bits per heavy atom. The minimum atomic E-state index is -0.589. The molecule has 7 N–H and O–H groups in total. The van der Waals surface area contributed by atoms with Gasteiger partial charge in [0.25, 0.3) is 5.56 Å². The molecule has 0 aromatic carbocycles. The fourth-order valence-electron chi connectivity index (χ4n) is 1.01. The second-order valence-corrected chi connectivity index (χ2v) is 4.13. The maximum absolute atomic E-state index is 11.6. The van der Waals surface area contributed by atoms with Gasteiger partial charge in [-0.05, 0) is 0 Å². The van der Waals surface area contributed by atoms with E-state index >= 15 is 0 Å². The Balaban J connectivity index is 2.89. The Bertz CT molecular complexity index is 528. The molecule has 0 bridgehead atoms. The van der Waals surface area contributed by atoms with Gasteiger partial charge in [0.15, 0.2) is 11.0 Å². The van der Waals surface area contributed by atoms with Gasteiger partial charge in [-0.2, -0.15) is 0 Å². The van der Waals surface area contributed by atoms with Crippen molar-refractivity contribution in [3.63, 3.8) is 0 Å². The number of hydrogen-bond donors (Lipinski definition) is 5. The maximum atomic E-state index is 11.6. The summed E-state index contributed by atoms with van der Waals surface area (Å²) in [6.45, 7) is 1.24. The zero-order chi connectivity index (χ0) is 13.7. The van der Waals surface area contributed by atoms with E-state index in [1.165, 1.54) is 6.92 Å². The number of nitrogens with zero attached hydrogens (tertiary/aromatic N) is 1. The second-order valence-electron chi connectivity index (χ2n) is 3.17. The number of nitrogen functional groups attached to an aromatic ring is 1. The van der Waals surface area contributed by atoms with Crippen LogP contribution >= 0.6 is 11.8 Å². The van der Waals surface area contributed by atoms with Crippen molar-refractivity contribution < 1.29 is 9.59 Å². The summed E-state index contributed by atoms with van der Waals surface area (Å²) in [6.07, 6.45) is 0. The monoisotopic (exact) mass is 272 g/mol. The normalized spacial score (nSPS) is 9.89. The van der Waals surface area contributed by atoms with E-state index in [9.17, 15) is 14.4 Å². The molecule has 0 aliphatic carbocycles. The number of H-pyrrole nitrogens is 1. The lowest BCUT2D eigenvalue weighted by atomic mass is 10.4. The van der Waals surface area contributed by atoms with E-state index < -0.39 is 17.4 Å². The summed E-state index contributed by atoms with van der Waals surface area (Å²) in [5, 5.41) is 2.43. The zero-order valence-corrected chi connectivity index (χ0v) is 10.3. The standard InChI is InChI=1S/C8H12N6O3S/c1-3(15)11-5-6(9)12-8(13-7(5)17)18-2-4(16)14-10/h2,10H2,1H3,(H,11,15)(H,14,16)(H3,9,12,13,17). The third kappa shape index (κ3) is 3.75. The van der Waals surface area contributed by atoms with Crippen molar-refractivity contribution in [1.29, 1.82) is 0 Å². The summed E-state index contributed by atoms with van der Waals surface area (Å²) < 4.78 is 0. The number of hydrazine groups is 1. The molecular weight excluding hydrogens is 260 g/mol. The molecule has 98 valence electrons. The highest BCUT2D eigenvalue weighted by atomic mass is 32.2. The third-order valence-corrected chi connectivity index (χ3v) is 2.60. The SMILES string of the molecule is CC(=O)Nc1c(N)nc(SCC(=O)NN)[nH]c1=O. The lowest BCUT2D eigenvalue weighted by Gasteiger charge is -2.06. The molecule has 1 aromatic heterocycles. The zero-order valence-electron chi connectivity index (χ0n) is 9.44. The molecule has 1 heterocycles. The molecule has 0 saturated heterocycles. The van der Waals surface area contributed by atoms with Crippen LogP contribution in [0.1, 0.15) is 6.92 Å². The predicted molar refractivity (Wildman–Crippen MR) is 66.6 cm³/mol. The van der Waals surface area contributed by atoms with Gasteiger partial charge in [0, 0.05) is 6.92 Å². The summed E-state index contributed by atoms with van der Waals surface area (Å²) in [4.78, 5) is 39.5. The lowest BCUT2D eigenvalue weighted by molar-refractivity contribution is -0.118. The maximum Gasteiger partial charge on any atom is 0.277 e. The van der Waals surface area contributed by atoms with E-state index in [-0.39, 0.29) is 22.4 Å². The van der Waals surface area contributed by atoms with E-state index in [0.717, 1.165) is 11.8 Å². The molecule has 0 spiro atoms. The highest BCUT2D eigenvalue weighted by Gasteiger charge is 2.11. The Morgan fingerprint density at radius 3 is 2.67 bits per heavy atom. The molecule has 0 fully saturated rings. The van der Waals surface area contributed by atoms with Gasteiger partial charge < -0.3 is 11.1 Å². The van der Waals surface area contributed by atoms with Crippen LogP contribution in [0.3, 0.4) is 0 Å². The number of thioether (sulfide) groups is 1. The van der Waals surface area contributed by atoms with E-state index in [4.69, 9.17) is 11.6 Å². The van der Waals surface area contributed by atoms with Gasteiger partial charge >= 0.3 is 0 Å². The van der Waals surface area contributed by atoms with E-state index in [1.807, 2.05) is 5.43 Å². The molecule has 0 aliphatic rings. The van der Waals surface area contributed by atoms with Crippen molar-refractivity contribution in [2.75, 3.05) is 16.8 Å². The lowest BCUT2D eigenvalue weighted by Crippen LogP contribution is -2.31. The number of carbonyl (C=O) groups excluding carboxylic acids is 2. The van der Waals surface area contributed by atoms with Crippen molar-refractivity contribution in [2.24, 2.45) is 5.84 Å². The van der Waals surface area contributed by atoms with Gasteiger partial charge in [0.05, 0.1) is 5.75 Å². The van der Waals surface area contributed by atoms with Crippen LogP contribution < -0.4 is 27.9 Å². The number of aromatic amines is 1. The van der Waals surface area contributed by atoms with Crippen LogP contribution in [0.15, 0.2) is 9.95 Å². The summed E-state index contributed by atoms with van der Waals surface area (Å²) in [5.74, 6) is 3.90. The summed E-state index contributed by atoms with van der Waals surface area (Å²) in [5.41, 5.74) is 6.75. The smallest absolute Gasteiger partial charge is 0.277 e. The van der Waals surface area contributed by atoms with Gasteiger partial charge in [0.2, 0.25) is 11.8 Å². The number of carbonyl (C=O) groups is 2. The topological polar surface area (TPSA) is 156 Å². The number of amides is 2. The highest BCUT2D eigenvalue weighted by Crippen LogP contribution is 2.15. The minimum Gasteiger partial charge on any atom is -0.382 e. The Hall–Kier alpha value is -2.07. The van der Waals surface area contributed by atoms with Gasteiger partial charge in [-0.1, -0.05) is 11.8 Å². The molecule has 18 heavy (non-hydrogen) atoms. The Kier molecular flexibility index (Phi) is 4.68. The molecule has 9 nitrogen and oxygen atoms in total.